The Balaban J connectivity index is 0.00000155. The molecule has 0 saturated heterocycles. The van der Waals surface area contributed by atoms with Crippen LogP contribution in [0.1, 0.15) is 31.2 Å². The van der Waals surface area contributed by atoms with Crippen LogP contribution in [0.15, 0.2) is 24.3 Å². The molecule has 1 N–H and O–H groups in total. The molecule has 1 saturated carbocycles. The van der Waals surface area contributed by atoms with Crippen molar-refractivity contribution >= 4 is 19.7 Å². The average Bonchev–Trinajstić information content (AvgIpc) is 2.51. The molecule has 0 radical (unpaired) electrons. The maximum atomic E-state index is 12.2. The number of sulfonamides is 1. The second-order valence-corrected chi connectivity index (χ2v) is 6.77. The Labute approximate surface area is 154 Å². The van der Waals surface area contributed by atoms with Crippen molar-refractivity contribution in [3.05, 3.63) is 47.7 Å². The molecule has 132 valence electrons. The van der Waals surface area contributed by atoms with Crippen LogP contribution in [0.5, 0.6) is 5.75 Å². The van der Waals surface area contributed by atoms with E-state index in [0.29, 0.717) is 17.7 Å². The van der Waals surface area contributed by atoms with Gasteiger partial charge in [0.15, 0.2) is 0 Å². The van der Waals surface area contributed by atoms with E-state index >= 15 is 0 Å². The molecule has 0 aromatic heterocycles. The summed E-state index contributed by atoms with van der Waals surface area (Å²) in [6, 6.07) is 6.26. The van der Waals surface area contributed by atoms with E-state index in [1.54, 1.807) is 24.3 Å². The van der Waals surface area contributed by atoms with Gasteiger partial charge in [0, 0.05) is 5.56 Å². The zero-order valence-corrected chi connectivity index (χ0v) is 16.6. The number of nitrogens with zero attached hydrogens (tertiary/aromatic N) is 1. The van der Waals surface area contributed by atoms with Gasteiger partial charge in [0.1, 0.15) is 5.75 Å². The number of hydrogen-bond donors (Lipinski definition) is 0. The normalized spacial score (nSPS) is 20.7. The number of benzene rings is 1. The molecule has 1 fully saturated rings. The van der Waals surface area contributed by atoms with Crippen LogP contribution in [0.4, 0.5) is 0 Å². The first-order chi connectivity index (χ1) is 10.5. The van der Waals surface area contributed by atoms with Gasteiger partial charge in [0.05, 0.1) is 22.9 Å². The predicted molar refractivity (Wildman–Crippen MR) is 91.6 cm³/mol. The van der Waals surface area contributed by atoms with E-state index in [1.165, 1.54) is 7.11 Å². The third-order valence-corrected chi connectivity index (χ3v) is 4.82. The standard InChI is InChI=1S/C14H20N2O3S.CH3.ClH.Ru/c1-19-14-9-5-2-6-11(14)10-20(17,18)16-13-8-4-3-7-12(13)15;;;/h2,5-6,9,12-13,15H,3-4,7-8,10H2,1H3;1H3;1H;/q-2;-1;;+4/p-1. The Hall–Kier alpha value is -0.197. The summed E-state index contributed by atoms with van der Waals surface area (Å²) in [6.07, 6.45) is 3.37. The Kier molecular flexibility index (Phi) is 11.3. The van der Waals surface area contributed by atoms with Gasteiger partial charge in [-0.15, -0.1) is 6.04 Å². The molecule has 0 amide bonds. The van der Waals surface area contributed by atoms with Gasteiger partial charge in [-0.3, -0.25) is 0 Å². The molecular weight excluding hydrogens is 425 g/mol. The first-order valence-electron chi connectivity index (χ1n) is 6.93. The van der Waals surface area contributed by atoms with E-state index in [1.807, 2.05) is 17.3 Å². The second-order valence-electron chi connectivity index (χ2n) is 5.10. The molecule has 2 atom stereocenters. The molecule has 8 heteroatoms. The third kappa shape index (κ3) is 7.48. The van der Waals surface area contributed by atoms with Crippen LogP contribution in [-0.2, 0) is 33.1 Å². The molecule has 23 heavy (non-hydrogen) atoms. The summed E-state index contributed by atoms with van der Waals surface area (Å²) in [5.74, 6) is 0.387. The maximum absolute atomic E-state index is 12.2. The number of nitrogens with one attached hydrogen (secondary N) is 1. The number of hydrogen-bond acceptors (Lipinski definition) is 3. The van der Waals surface area contributed by atoms with Gasteiger partial charge in [-0.05, 0) is 6.07 Å². The van der Waals surface area contributed by atoms with Crippen LogP contribution in [0, 0.1) is 7.43 Å². The van der Waals surface area contributed by atoms with Crippen molar-refractivity contribution in [2.45, 2.75) is 43.5 Å². The summed E-state index contributed by atoms with van der Waals surface area (Å²) in [6.45, 7) is 0. The number of ether oxygens (including phenoxy) is 1. The Morgan fingerprint density at radius 2 is 1.91 bits per heavy atom. The predicted octanol–water partition coefficient (Wildman–Crippen LogP) is 4.40. The van der Waals surface area contributed by atoms with Gasteiger partial charge in [0.2, 0.25) is 0 Å². The molecule has 2 rings (SSSR count). The zero-order valence-electron chi connectivity index (χ0n) is 13.3. The zero-order chi connectivity index (χ0) is 16.6. The fourth-order valence-corrected chi connectivity index (χ4v) is 3.87. The topological polar surface area (TPSA) is 81.3 Å². The SMILES string of the molecule is COc1ccccc1CS(=O)(=O)[N-]C1CCCCC1[NH-].[CH3-].[Cl][Ru+3]. The van der Waals surface area contributed by atoms with Crippen molar-refractivity contribution in [1.29, 1.82) is 0 Å². The van der Waals surface area contributed by atoms with Crippen LogP contribution >= 0.6 is 9.69 Å². The summed E-state index contributed by atoms with van der Waals surface area (Å²) in [5, 5.41) is 0. The van der Waals surface area contributed by atoms with E-state index in [0.717, 1.165) is 19.3 Å². The minimum atomic E-state index is -3.57. The van der Waals surface area contributed by atoms with Crippen molar-refractivity contribution in [2.75, 3.05) is 7.11 Å². The molecule has 1 aromatic rings. The van der Waals surface area contributed by atoms with Gasteiger partial charge >= 0.3 is 27.0 Å². The molecule has 2 unspecified atom stereocenters. The molecule has 5 nitrogen and oxygen atoms in total. The van der Waals surface area contributed by atoms with Crippen LogP contribution in [0.25, 0.3) is 10.5 Å². The Morgan fingerprint density at radius 3 is 2.52 bits per heavy atom. The third-order valence-electron chi connectivity index (χ3n) is 3.56. The van der Waals surface area contributed by atoms with Crippen molar-refractivity contribution < 1.29 is 30.5 Å². The van der Waals surface area contributed by atoms with E-state index in [4.69, 9.17) is 10.5 Å². The molecule has 1 aromatic carbocycles. The van der Waals surface area contributed by atoms with E-state index in [9.17, 15) is 8.42 Å². The van der Waals surface area contributed by atoms with Crippen molar-refractivity contribution in [1.82, 2.24) is 0 Å². The second kappa shape index (κ2) is 11.4. The number of halogens is 1. The summed E-state index contributed by atoms with van der Waals surface area (Å²) in [5.41, 5.74) is 8.49. The first-order valence-corrected chi connectivity index (χ1v) is 10.8. The molecule has 1 aliphatic carbocycles. The number of methoxy groups -OCH3 is 1. The average molecular weight is 448 g/mol. The van der Waals surface area contributed by atoms with Crippen LogP contribution in [0.3, 0.4) is 0 Å². The molecule has 0 heterocycles. The molecule has 1 aliphatic rings. The first kappa shape index (κ1) is 22.8. The van der Waals surface area contributed by atoms with Gasteiger partial charge in [-0.1, -0.05) is 43.9 Å². The fourth-order valence-electron chi connectivity index (χ4n) is 2.50. The van der Waals surface area contributed by atoms with E-state index in [-0.39, 0.29) is 19.2 Å². The van der Waals surface area contributed by atoms with Gasteiger partial charge in [-0.25, -0.2) is 8.42 Å². The fraction of sp³-hybridized carbons (Fsp3) is 0.533. The molecule has 0 aliphatic heterocycles. The Morgan fingerprint density at radius 1 is 1.30 bits per heavy atom. The van der Waals surface area contributed by atoms with Gasteiger partial charge in [-0.2, -0.15) is 6.04 Å². The van der Waals surface area contributed by atoms with Crippen molar-refractivity contribution in [3.8, 4) is 5.75 Å². The summed E-state index contributed by atoms with van der Waals surface area (Å²) in [4.78, 5) is 0. The quantitative estimate of drug-likeness (QED) is 0.495. The van der Waals surface area contributed by atoms with Crippen LogP contribution < -0.4 is 4.74 Å². The number of rotatable bonds is 5. The molecular formula is C15H23ClN2O3RuS. The van der Waals surface area contributed by atoms with E-state index < -0.39 is 16.1 Å². The van der Waals surface area contributed by atoms with Crippen LogP contribution in [0.2, 0.25) is 0 Å². The summed E-state index contributed by atoms with van der Waals surface area (Å²) in [7, 11) is 2.51. The van der Waals surface area contributed by atoms with Gasteiger partial charge in [0.25, 0.3) is 0 Å². The van der Waals surface area contributed by atoms with Crippen molar-refractivity contribution in [2.24, 2.45) is 0 Å². The number of para-hydroxylation sites is 1. The van der Waals surface area contributed by atoms with E-state index in [2.05, 4.69) is 14.4 Å². The monoisotopic (exact) mass is 448 g/mol. The minimum absolute atomic E-state index is 0. The molecule has 0 spiro atoms. The van der Waals surface area contributed by atoms with Crippen molar-refractivity contribution in [3.63, 3.8) is 0 Å². The summed E-state index contributed by atoms with van der Waals surface area (Å²) >= 11 is 1.82. The van der Waals surface area contributed by atoms with Crippen LogP contribution in [-0.4, -0.2) is 27.6 Å². The Bertz CT molecular complexity index is 557. The molecule has 0 bridgehead atoms. The van der Waals surface area contributed by atoms with Gasteiger partial charge < -0.3 is 22.6 Å². The summed E-state index contributed by atoms with van der Waals surface area (Å²) < 4.78 is 33.5.